The maximum absolute atomic E-state index is 12.9. The Bertz CT molecular complexity index is 934. The summed E-state index contributed by atoms with van der Waals surface area (Å²) in [5, 5.41) is 10.7. The number of aliphatic hydroxyl groups is 1. The highest BCUT2D eigenvalue weighted by Gasteiger charge is 2.33. The normalized spacial score (nSPS) is 23.2. The first-order valence-electron chi connectivity index (χ1n) is 11.3. The molecule has 2 fully saturated rings. The molecule has 2 atom stereocenters. The number of aryl methyl sites for hydroxylation is 2. The van der Waals surface area contributed by atoms with Gasteiger partial charge in [0.25, 0.3) is 0 Å². The maximum atomic E-state index is 12.9. The fourth-order valence-electron chi connectivity index (χ4n) is 4.87. The average molecular weight is 428 g/mol. The first-order valence-corrected chi connectivity index (χ1v) is 11.3. The fraction of sp³-hybridized carbons (Fsp3) is 0.609. The Morgan fingerprint density at radius 3 is 2.58 bits per heavy atom. The number of likely N-dealkylation sites (tertiary alicyclic amines) is 1. The summed E-state index contributed by atoms with van der Waals surface area (Å²) in [5.74, 6) is 1.15. The van der Waals surface area contributed by atoms with Crippen LogP contribution >= 0.6 is 0 Å². The second kappa shape index (κ2) is 9.36. The molecule has 2 aliphatic rings. The number of imidazole rings is 1. The minimum Gasteiger partial charge on any atom is -0.391 e. The van der Waals surface area contributed by atoms with Crippen molar-refractivity contribution < 1.29 is 14.7 Å². The van der Waals surface area contributed by atoms with Gasteiger partial charge in [-0.15, -0.1) is 0 Å². The van der Waals surface area contributed by atoms with Gasteiger partial charge in [-0.3, -0.25) is 14.5 Å². The smallest absolute Gasteiger partial charge is 0.222 e. The molecular weight excluding hydrogens is 394 g/mol. The summed E-state index contributed by atoms with van der Waals surface area (Å²) in [5.41, 5.74) is 3.08. The van der Waals surface area contributed by atoms with Crippen molar-refractivity contribution in [3.05, 3.63) is 29.6 Å². The molecule has 0 spiro atoms. The van der Waals surface area contributed by atoms with Crippen LogP contribution in [0.2, 0.25) is 0 Å². The van der Waals surface area contributed by atoms with E-state index in [9.17, 15) is 14.7 Å². The van der Waals surface area contributed by atoms with Gasteiger partial charge in [0.2, 0.25) is 11.8 Å². The summed E-state index contributed by atoms with van der Waals surface area (Å²) in [6.07, 6.45) is 2.10. The molecule has 0 radical (unpaired) electrons. The van der Waals surface area contributed by atoms with Crippen molar-refractivity contribution in [2.24, 2.45) is 0 Å². The third-order valence-corrected chi connectivity index (χ3v) is 6.71. The van der Waals surface area contributed by atoms with Gasteiger partial charge in [0.1, 0.15) is 5.82 Å². The molecule has 0 bridgehead atoms. The zero-order valence-electron chi connectivity index (χ0n) is 18.5. The Kier molecular flexibility index (Phi) is 6.57. The number of aromatic amines is 1. The third-order valence-electron chi connectivity index (χ3n) is 6.71. The standard InChI is InChI=1S/C23H33N5O3/c1-16-24-19-5-3-18(15-20(19)25-16)4-6-23(31)28-9-7-21(22(30)8-10-28)27-13-11-26(12-14-27)17(2)29/h3,5,15,21-22,30H,4,6-14H2,1-2H3,(H,24,25)/t21-,22-/m0/s1. The first kappa shape index (κ1) is 21.8. The Morgan fingerprint density at radius 2 is 1.84 bits per heavy atom. The minimum absolute atomic E-state index is 0.0536. The number of carbonyl (C=O) groups is 2. The van der Waals surface area contributed by atoms with Gasteiger partial charge in [-0.1, -0.05) is 6.07 Å². The van der Waals surface area contributed by atoms with E-state index in [4.69, 9.17) is 0 Å². The molecule has 3 heterocycles. The van der Waals surface area contributed by atoms with E-state index in [0.29, 0.717) is 45.4 Å². The number of aromatic nitrogens is 2. The number of nitrogens with zero attached hydrogens (tertiary/aromatic N) is 4. The summed E-state index contributed by atoms with van der Waals surface area (Å²) in [6, 6.07) is 6.17. The molecule has 1 aromatic heterocycles. The second-order valence-corrected chi connectivity index (χ2v) is 8.81. The van der Waals surface area contributed by atoms with Crippen LogP contribution in [0.1, 0.15) is 37.6 Å². The molecule has 168 valence electrons. The molecule has 2 aliphatic heterocycles. The summed E-state index contributed by atoms with van der Waals surface area (Å²) in [4.78, 5) is 38.2. The number of rotatable bonds is 4. The van der Waals surface area contributed by atoms with Crippen molar-refractivity contribution in [1.82, 2.24) is 24.7 Å². The SMILES string of the molecule is CC(=O)N1CCN([C@H]2CCN(C(=O)CCc3ccc4nc(C)[nH]c4c3)CC[C@@H]2O)CC1. The quantitative estimate of drug-likeness (QED) is 0.768. The van der Waals surface area contributed by atoms with Crippen molar-refractivity contribution in [2.75, 3.05) is 39.3 Å². The molecule has 1 aromatic carbocycles. The lowest BCUT2D eigenvalue weighted by Crippen LogP contribution is -2.54. The highest BCUT2D eigenvalue weighted by atomic mass is 16.3. The van der Waals surface area contributed by atoms with Gasteiger partial charge >= 0.3 is 0 Å². The molecule has 0 unspecified atom stereocenters. The third kappa shape index (κ3) is 5.07. The van der Waals surface area contributed by atoms with Crippen LogP contribution < -0.4 is 0 Å². The van der Waals surface area contributed by atoms with Gasteiger partial charge in [-0.25, -0.2) is 4.98 Å². The molecule has 0 aliphatic carbocycles. The van der Waals surface area contributed by atoms with Crippen LogP contribution in [0.4, 0.5) is 0 Å². The Labute approximate surface area is 183 Å². The van der Waals surface area contributed by atoms with Crippen LogP contribution in [0.3, 0.4) is 0 Å². The number of hydrogen-bond donors (Lipinski definition) is 2. The number of nitrogens with one attached hydrogen (secondary N) is 1. The number of hydrogen-bond acceptors (Lipinski definition) is 5. The Balaban J connectivity index is 1.30. The molecule has 2 saturated heterocycles. The summed E-state index contributed by atoms with van der Waals surface area (Å²) in [6.45, 7) is 7.80. The van der Waals surface area contributed by atoms with Crippen molar-refractivity contribution in [1.29, 1.82) is 0 Å². The van der Waals surface area contributed by atoms with Gasteiger partial charge in [0.15, 0.2) is 0 Å². The van der Waals surface area contributed by atoms with Crippen LogP contribution in [-0.2, 0) is 16.0 Å². The van der Waals surface area contributed by atoms with E-state index >= 15 is 0 Å². The van der Waals surface area contributed by atoms with E-state index in [1.54, 1.807) is 6.92 Å². The van der Waals surface area contributed by atoms with Crippen LogP contribution in [0.5, 0.6) is 0 Å². The average Bonchev–Trinajstić information content (AvgIpc) is 3.02. The number of piperazine rings is 1. The van der Waals surface area contributed by atoms with E-state index in [-0.39, 0.29) is 17.9 Å². The predicted molar refractivity (Wildman–Crippen MR) is 119 cm³/mol. The number of amides is 2. The number of aliphatic hydroxyl groups excluding tert-OH is 1. The van der Waals surface area contributed by atoms with Gasteiger partial charge in [-0.05, 0) is 43.9 Å². The number of H-pyrrole nitrogens is 1. The summed E-state index contributed by atoms with van der Waals surface area (Å²) >= 11 is 0. The van der Waals surface area contributed by atoms with E-state index in [1.807, 2.05) is 28.9 Å². The van der Waals surface area contributed by atoms with Crippen molar-refractivity contribution in [3.63, 3.8) is 0 Å². The summed E-state index contributed by atoms with van der Waals surface area (Å²) < 4.78 is 0. The van der Waals surface area contributed by atoms with Gasteiger partial charge in [0, 0.05) is 58.7 Å². The van der Waals surface area contributed by atoms with Crippen molar-refractivity contribution in [3.8, 4) is 0 Å². The molecule has 0 saturated carbocycles. The van der Waals surface area contributed by atoms with E-state index in [1.165, 1.54) is 0 Å². The zero-order chi connectivity index (χ0) is 22.0. The Morgan fingerprint density at radius 1 is 1.10 bits per heavy atom. The Hall–Kier alpha value is -2.45. The largest absolute Gasteiger partial charge is 0.391 e. The van der Waals surface area contributed by atoms with E-state index < -0.39 is 6.10 Å². The van der Waals surface area contributed by atoms with Crippen LogP contribution in [0.25, 0.3) is 11.0 Å². The highest BCUT2D eigenvalue weighted by molar-refractivity contribution is 5.78. The van der Waals surface area contributed by atoms with Gasteiger partial charge in [-0.2, -0.15) is 0 Å². The molecule has 2 aromatic rings. The van der Waals surface area contributed by atoms with E-state index in [2.05, 4.69) is 20.9 Å². The molecule has 2 amide bonds. The molecule has 8 nitrogen and oxygen atoms in total. The molecule has 8 heteroatoms. The van der Waals surface area contributed by atoms with Crippen molar-refractivity contribution >= 4 is 22.8 Å². The van der Waals surface area contributed by atoms with Crippen molar-refractivity contribution in [2.45, 2.75) is 51.7 Å². The second-order valence-electron chi connectivity index (χ2n) is 8.81. The van der Waals surface area contributed by atoms with Crippen LogP contribution in [0, 0.1) is 6.92 Å². The lowest BCUT2D eigenvalue weighted by molar-refractivity contribution is -0.132. The first-order chi connectivity index (χ1) is 14.9. The molecule has 4 rings (SSSR count). The predicted octanol–water partition coefficient (Wildman–Crippen LogP) is 1.32. The van der Waals surface area contributed by atoms with Crippen LogP contribution in [0.15, 0.2) is 18.2 Å². The summed E-state index contributed by atoms with van der Waals surface area (Å²) in [7, 11) is 0. The van der Waals surface area contributed by atoms with Gasteiger partial charge < -0.3 is 19.9 Å². The minimum atomic E-state index is -0.437. The lowest BCUT2D eigenvalue weighted by Gasteiger charge is -2.40. The number of carbonyl (C=O) groups excluding carboxylic acids is 2. The topological polar surface area (TPSA) is 92.8 Å². The number of fused-ring (bicyclic) bond motifs is 1. The molecule has 2 N–H and O–H groups in total. The lowest BCUT2D eigenvalue weighted by atomic mass is 10.0. The van der Waals surface area contributed by atoms with Gasteiger partial charge in [0.05, 0.1) is 17.1 Å². The fourth-order valence-corrected chi connectivity index (χ4v) is 4.87. The van der Waals surface area contributed by atoms with E-state index in [0.717, 1.165) is 41.9 Å². The highest BCUT2D eigenvalue weighted by Crippen LogP contribution is 2.21. The molecule has 31 heavy (non-hydrogen) atoms. The monoisotopic (exact) mass is 427 g/mol. The molecular formula is C23H33N5O3. The number of benzene rings is 1. The zero-order valence-corrected chi connectivity index (χ0v) is 18.5. The maximum Gasteiger partial charge on any atom is 0.222 e. The van der Waals surface area contributed by atoms with Crippen LogP contribution in [-0.4, -0.2) is 93.0 Å².